The molecule has 82 valence electrons. The highest BCUT2D eigenvalue weighted by molar-refractivity contribution is 9.10. The highest BCUT2D eigenvalue weighted by Gasteiger charge is 2.10. The Hall–Kier alpha value is -1.15. The molecule has 0 heterocycles. The molecule has 1 nitrogen and oxygen atoms in total. The van der Waals surface area contributed by atoms with E-state index < -0.39 is 0 Å². The van der Waals surface area contributed by atoms with Gasteiger partial charge in [-0.2, -0.15) is 0 Å². The van der Waals surface area contributed by atoms with Crippen LogP contribution in [0.1, 0.15) is 12.5 Å². The smallest absolute Gasteiger partial charge is 0.143 e. The largest absolute Gasteiger partial charge is 0.299 e. The Kier molecular flexibility index (Phi) is 3.39. The van der Waals surface area contributed by atoms with Crippen LogP contribution in [0.4, 0.5) is 0 Å². The van der Waals surface area contributed by atoms with Gasteiger partial charge in [-0.15, -0.1) is 0 Å². The molecule has 2 aromatic rings. The zero-order valence-corrected chi connectivity index (χ0v) is 10.7. The molecule has 0 aliphatic rings. The number of hydrogen-bond acceptors (Lipinski definition) is 1. The van der Waals surface area contributed by atoms with E-state index in [1.165, 1.54) is 16.3 Å². The fourth-order valence-electron chi connectivity index (χ4n) is 1.72. The van der Waals surface area contributed by atoms with Crippen LogP contribution in [0, 0.1) is 0 Å². The lowest BCUT2D eigenvalue weighted by Crippen LogP contribution is -2.12. The second-order valence-electron chi connectivity index (χ2n) is 3.96. The van der Waals surface area contributed by atoms with Gasteiger partial charge in [-0.05, 0) is 29.7 Å². The van der Waals surface area contributed by atoms with Gasteiger partial charge in [-0.3, -0.25) is 4.79 Å². The van der Waals surface area contributed by atoms with E-state index in [1.54, 1.807) is 6.92 Å². The average molecular weight is 277 g/mol. The monoisotopic (exact) mass is 276 g/mol. The number of alkyl halides is 1. The summed E-state index contributed by atoms with van der Waals surface area (Å²) in [6, 6.07) is 14.6. The Balaban J connectivity index is 2.29. The Morgan fingerprint density at radius 1 is 1.19 bits per heavy atom. The van der Waals surface area contributed by atoms with E-state index in [-0.39, 0.29) is 10.6 Å². The van der Waals surface area contributed by atoms with Crippen molar-refractivity contribution >= 4 is 32.5 Å². The van der Waals surface area contributed by atoms with E-state index in [0.29, 0.717) is 0 Å². The van der Waals surface area contributed by atoms with E-state index >= 15 is 0 Å². The quantitative estimate of drug-likeness (QED) is 0.781. The molecule has 0 bridgehead atoms. The topological polar surface area (TPSA) is 17.1 Å². The molecule has 0 fully saturated rings. The normalized spacial score (nSPS) is 12.6. The molecule has 0 spiro atoms. The lowest BCUT2D eigenvalue weighted by Gasteiger charge is -2.07. The van der Waals surface area contributed by atoms with Gasteiger partial charge in [0.25, 0.3) is 0 Å². The van der Waals surface area contributed by atoms with Gasteiger partial charge in [0.1, 0.15) is 5.78 Å². The van der Waals surface area contributed by atoms with Crippen LogP contribution in [0.2, 0.25) is 0 Å². The highest BCUT2D eigenvalue weighted by atomic mass is 79.9. The van der Waals surface area contributed by atoms with Crippen LogP contribution in [0.15, 0.2) is 42.5 Å². The van der Waals surface area contributed by atoms with Crippen LogP contribution in [0.3, 0.4) is 0 Å². The molecule has 1 atom stereocenters. The summed E-state index contributed by atoms with van der Waals surface area (Å²) < 4.78 is 0. The van der Waals surface area contributed by atoms with Crippen molar-refractivity contribution in [3.8, 4) is 0 Å². The van der Waals surface area contributed by atoms with Crippen LogP contribution in [0.25, 0.3) is 10.8 Å². The molecule has 2 heteroatoms. The first-order chi connectivity index (χ1) is 7.66. The lowest BCUT2D eigenvalue weighted by molar-refractivity contribution is -0.116. The van der Waals surface area contributed by atoms with Crippen molar-refractivity contribution in [2.24, 2.45) is 0 Å². The third kappa shape index (κ3) is 2.50. The molecule has 2 rings (SSSR count). The molecular weight excluding hydrogens is 264 g/mol. The third-order valence-electron chi connectivity index (χ3n) is 2.67. The van der Waals surface area contributed by atoms with Crippen molar-refractivity contribution in [2.75, 3.05) is 0 Å². The Labute approximate surface area is 104 Å². The van der Waals surface area contributed by atoms with E-state index in [0.717, 1.165) is 6.42 Å². The second-order valence-corrected chi connectivity index (χ2v) is 5.07. The summed E-state index contributed by atoms with van der Waals surface area (Å²) in [7, 11) is 0. The number of fused-ring (bicyclic) bond motifs is 1. The summed E-state index contributed by atoms with van der Waals surface area (Å²) in [4.78, 5) is 11.1. The number of ketones is 1. The summed E-state index contributed by atoms with van der Waals surface area (Å²) >= 11 is 3.39. The Morgan fingerprint density at radius 2 is 1.88 bits per heavy atom. The Bertz CT molecular complexity index is 519. The van der Waals surface area contributed by atoms with Gasteiger partial charge in [0.15, 0.2) is 0 Å². The molecule has 0 saturated heterocycles. The van der Waals surface area contributed by atoms with Crippen molar-refractivity contribution in [1.82, 2.24) is 0 Å². The zero-order chi connectivity index (χ0) is 11.5. The number of carbonyl (C=O) groups is 1. The van der Waals surface area contributed by atoms with Crippen molar-refractivity contribution in [1.29, 1.82) is 0 Å². The predicted octanol–water partition coefficient (Wildman–Crippen LogP) is 3.73. The van der Waals surface area contributed by atoms with Crippen LogP contribution in [-0.2, 0) is 11.2 Å². The number of benzene rings is 2. The lowest BCUT2D eigenvalue weighted by atomic mass is 10.0. The van der Waals surface area contributed by atoms with E-state index in [2.05, 4.69) is 46.3 Å². The molecule has 0 radical (unpaired) electrons. The van der Waals surface area contributed by atoms with Gasteiger partial charge in [0.05, 0.1) is 4.83 Å². The van der Waals surface area contributed by atoms with Gasteiger partial charge in [-0.25, -0.2) is 0 Å². The zero-order valence-electron chi connectivity index (χ0n) is 9.11. The van der Waals surface area contributed by atoms with E-state index in [1.807, 2.05) is 12.1 Å². The summed E-state index contributed by atoms with van der Waals surface area (Å²) in [6.45, 7) is 1.61. The van der Waals surface area contributed by atoms with Crippen molar-refractivity contribution < 1.29 is 4.79 Å². The van der Waals surface area contributed by atoms with Crippen LogP contribution < -0.4 is 0 Å². The maximum Gasteiger partial charge on any atom is 0.143 e. The van der Waals surface area contributed by atoms with Gasteiger partial charge < -0.3 is 0 Å². The maximum absolute atomic E-state index is 11.2. The molecule has 16 heavy (non-hydrogen) atoms. The molecule has 0 amide bonds. The molecule has 1 unspecified atom stereocenters. The molecule has 0 aliphatic carbocycles. The molecular formula is C14H13BrO. The van der Waals surface area contributed by atoms with Crippen molar-refractivity contribution in [3.05, 3.63) is 48.0 Å². The van der Waals surface area contributed by atoms with Crippen LogP contribution in [0.5, 0.6) is 0 Å². The summed E-state index contributed by atoms with van der Waals surface area (Å²) in [5, 5.41) is 2.46. The minimum absolute atomic E-state index is 0.0753. The minimum atomic E-state index is -0.0753. The number of carbonyl (C=O) groups excluding carboxylic acids is 1. The average Bonchev–Trinajstić information content (AvgIpc) is 2.28. The molecule has 0 N–H and O–H groups in total. The third-order valence-corrected chi connectivity index (χ3v) is 3.64. The second kappa shape index (κ2) is 4.79. The number of Topliss-reactive ketones (excluding diaryl/α,β-unsaturated/α-hetero) is 1. The Morgan fingerprint density at radius 3 is 2.56 bits per heavy atom. The maximum atomic E-state index is 11.2. The van der Waals surface area contributed by atoms with Crippen LogP contribution in [-0.4, -0.2) is 10.6 Å². The fourth-order valence-corrected chi connectivity index (χ4v) is 2.09. The summed E-state index contributed by atoms with van der Waals surface area (Å²) in [6.07, 6.45) is 0.750. The number of hydrogen-bond donors (Lipinski definition) is 0. The van der Waals surface area contributed by atoms with Gasteiger partial charge in [0, 0.05) is 0 Å². The van der Waals surface area contributed by atoms with Crippen LogP contribution >= 0.6 is 15.9 Å². The van der Waals surface area contributed by atoms with Crippen molar-refractivity contribution in [3.63, 3.8) is 0 Å². The van der Waals surface area contributed by atoms with Crippen molar-refractivity contribution in [2.45, 2.75) is 18.2 Å². The summed E-state index contributed by atoms with van der Waals surface area (Å²) in [5.74, 6) is 0.174. The molecule has 0 aliphatic heterocycles. The fraction of sp³-hybridized carbons (Fsp3) is 0.214. The first kappa shape index (κ1) is 11.3. The van der Waals surface area contributed by atoms with Gasteiger partial charge in [-0.1, -0.05) is 58.4 Å². The minimum Gasteiger partial charge on any atom is -0.299 e. The molecule has 0 aromatic heterocycles. The SMILES string of the molecule is CC(=O)C(Br)Cc1ccc2ccccc2c1. The van der Waals surface area contributed by atoms with E-state index in [4.69, 9.17) is 0 Å². The molecule has 2 aromatic carbocycles. The van der Waals surface area contributed by atoms with Gasteiger partial charge >= 0.3 is 0 Å². The first-order valence-electron chi connectivity index (χ1n) is 5.29. The van der Waals surface area contributed by atoms with Gasteiger partial charge in [0.2, 0.25) is 0 Å². The predicted molar refractivity (Wildman–Crippen MR) is 71.0 cm³/mol. The molecule has 0 saturated carbocycles. The number of halogens is 1. The first-order valence-corrected chi connectivity index (χ1v) is 6.20. The standard InChI is InChI=1S/C14H13BrO/c1-10(16)14(15)9-11-6-7-12-4-2-3-5-13(12)8-11/h2-8,14H,9H2,1H3. The van der Waals surface area contributed by atoms with E-state index in [9.17, 15) is 4.79 Å². The number of rotatable bonds is 3. The summed E-state index contributed by atoms with van der Waals surface area (Å²) in [5.41, 5.74) is 1.19. The highest BCUT2D eigenvalue weighted by Crippen LogP contribution is 2.18.